The molecule has 0 radical (unpaired) electrons. The van der Waals surface area contributed by atoms with Gasteiger partial charge in [-0.05, 0) is 12.8 Å². The molecular formula is C9H16N2O3. The average Bonchev–Trinajstić information content (AvgIpc) is 2.25. The number of unbranched alkanes of at least 4 members (excludes halogenated alkanes) is 3. The lowest BCUT2D eigenvalue weighted by Gasteiger charge is -1.93. The van der Waals surface area contributed by atoms with Crippen molar-refractivity contribution < 1.29 is 14.7 Å². The summed E-state index contributed by atoms with van der Waals surface area (Å²) in [6, 6.07) is 0. The Hall–Kier alpha value is -1.28. The van der Waals surface area contributed by atoms with Crippen molar-refractivity contribution >= 4 is 12.2 Å². The first-order valence-electron chi connectivity index (χ1n) is 4.44. The van der Waals surface area contributed by atoms with E-state index >= 15 is 0 Å². The fourth-order valence-electron chi connectivity index (χ4n) is 0.827. The van der Waals surface area contributed by atoms with E-state index < -0.39 is 0 Å². The Morgan fingerprint density at radius 1 is 0.857 bits per heavy atom. The summed E-state index contributed by atoms with van der Waals surface area (Å²) in [7, 11) is 1.00. The molecule has 80 valence electrons. The van der Waals surface area contributed by atoms with E-state index in [-0.39, 0.29) is 0 Å². The number of hydrogen-bond donors (Lipinski definition) is 1. The van der Waals surface area contributed by atoms with Crippen LogP contribution in [0, 0.1) is 0 Å². The highest BCUT2D eigenvalue weighted by Crippen LogP contribution is 1.99. The zero-order valence-corrected chi connectivity index (χ0v) is 8.40. The average molecular weight is 200 g/mol. The number of carbonyl (C=O) groups excluding carboxylic acids is 2. The van der Waals surface area contributed by atoms with Crippen LogP contribution in [0.4, 0.5) is 0 Å². The zero-order valence-electron chi connectivity index (χ0n) is 8.40. The van der Waals surface area contributed by atoms with Gasteiger partial charge in [-0.1, -0.05) is 12.8 Å². The van der Waals surface area contributed by atoms with Crippen molar-refractivity contribution in [2.24, 2.45) is 9.98 Å². The molecule has 0 bridgehead atoms. The van der Waals surface area contributed by atoms with Gasteiger partial charge in [0.15, 0.2) is 0 Å². The van der Waals surface area contributed by atoms with Gasteiger partial charge < -0.3 is 5.11 Å². The summed E-state index contributed by atoms with van der Waals surface area (Å²) in [4.78, 5) is 26.1. The van der Waals surface area contributed by atoms with E-state index in [1.165, 1.54) is 12.2 Å². The SMILES string of the molecule is CO.O=C=NCCCCCCN=C=O. The molecule has 0 rings (SSSR count). The molecule has 0 aromatic carbocycles. The van der Waals surface area contributed by atoms with E-state index in [1.807, 2.05) is 0 Å². The third-order valence-corrected chi connectivity index (χ3v) is 1.42. The normalized spacial score (nSPS) is 7.57. The van der Waals surface area contributed by atoms with Crippen molar-refractivity contribution in [1.29, 1.82) is 0 Å². The summed E-state index contributed by atoms with van der Waals surface area (Å²) in [5, 5.41) is 7.00. The highest BCUT2D eigenvalue weighted by Gasteiger charge is 1.87. The second-order valence-electron chi connectivity index (χ2n) is 2.36. The maximum Gasteiger partial charge on any atom is 0.234 e. The van der Waals surface area contributed by atoms with Crippen LogP contribution in [-0.4, -0.2) is 37.5 Å². The first kappa shape index (κ1) is 15.2. The van der Waals surface area contributed by atoms with E-state index in [0.717, 1.165) is 32.8 Å². The molecule has 5 nitrogen and oxygen atoms in total. The van der Waals surface area contributed by atoms with Gasteiger partial charge >= 0.3 is 0 Å². The van der Waals surface area contributed by atoms with Crippen molar-refractivity contribution in [2.75, 3.05) is 20.2 Å². The van der Waals surface area contributed by atoms with Crippen LogP contribution >= 0.6 is 0 Å². The minimum Gasteiger partial charge on any atom is -0.400 e. The predicted molar refractivity (Wildman–Crippen MR) is 52.6 cm³/mol. The number of isocyanates is 2. The van der Waals surface area contributed by atoms with Crippen LogP contribution in [-0.2, 0) is 9.59 Å². The van der Waals surface area contributed by atoms with Crippen molar-refractivity contribution in [3.63, 3.8) is 0 Å². The molecule has 0 aromatic rings. The minimum absolute atomic E-state index is 0.556. The molecule has 0 aliphatic heterocycles. The van der Waals surface area contributed by atoms with Gasteiger partial charge in [-0.25, -0.2) is 19.6 Å². The van der Waals surface area contributed by atoms with E-state index in [0.29, 0.717) is 13.1 Å². The molecule has 0 atom stereocenters. The molecule has 0 heterocycles. The standard InChI is InChI=1S/C8H12N2O2.CH4O/c11-7-9-5-3-1-2-4-6-10-8-12;1-2/h1-6H2;2H,1H3. The van der Waals surface area contributed by atoms with Crippen LogP contribution in [0.25, 0.3) is 0 Å². The van der Waals surface area contributed by atoms with Crippen molar-refractivity contribution in [1.82, 2.24) is 0 Å². The summed E-state index contributed by atoms with van der Waals surface area (Å²) in [5.74, 6) is 0. The summed E-state index contributed by atoms with van der Waals surface area (Å²) < 4.78 is 0. The topological polar surface area (TPSA) is 79.1 Å². The van der Waals surface area contributed by atoms with Crippen LogP contribution in [0.1, 0.15) is 25.7 Å². The molecular weight excluding hydrogens is 184 g/mol. The lowest BCUT2D eigenvalue weighted by Crippen LogP contribution is -1.84. The fraction of sp³-hybridized carbons (Fsp3) is 0.778. The van der Waals surface area contributed by atoms with Crippen LogP contribution in [0.5, 0.6) is 0 Å². The number of rotatable bonds is 7. The van der Waals surface area contributed by atoms with Gasteiger partial charge in [0.2, 0.25) is 12.2 Å². The predicted octanol–water partition coefficient (Wildman–Crippen LogP) is 0.827. The largest absolute Gasteiger partial charge is 0.400 e. The van der Waals surface area contributed by atoms with Gasteiger partial charge in [0.1, 0.15) is 0 Å². The van der Waals surface area contributed by atoms with Crippen LogP contribution in [0.15, 0.2) is 9.98 Å². The molecule has 0 amide bonds. The lowest BCUT2D eigenvalue weighted by molar-refractivity contribution is 0.399. The highest BCUT2D eigenvalue weighted by atomic mass is 16.2. The minimum atomic E-state index is 0.556. The number of nitrogens with zero attached hydrogens (tertiary/aromatic N) is 2. The van der Waals surface area contributed by atoms with Gasteiger partial charge in [0.05, 0.1) is 13.1 Å². The molecule has 0 unspecified atom stereocenters. The molecule has 5 heteroatoms. The highest BCUT2D eigenvalue weighted by molar-refractivity contribution is 5.32. The fourth-order valence-corrected chi connectivity index (χ4v) is 0.827. The molecule has 0 aliphatic carbocycles. The zero-order chi connectivity index (χ0) is 11.1. The summed E-state index contributed by atoms with van der Waals surface area (Å²) in [5.41, 5.74) is 0. The molecule has 0 saturated heterocycles. The third kappa shape index (κ3) is 17.0. The first-order valence-corrected chi connectivity index (χ1v) is 4.44. The van der Waals surface area contributed by atoms with E-state index in [1.54, 1.807) is 0 Å². The molecule has 14 heavy (non-hydrogen) atoms. The van der Waals surface area contributed by atoms with Crippen molar-refractivity contribution in [3.05, 3.63) is 0 Å². The van der Waals surface area contributed by atoms with Gasteiger partial charge in [-0.2, -0.15) is 0 Å². The Morgan fingerprint density at radius 2 is 1.21 bits per heavy atom. The number of aliphatic hydroxyl groups excluding tert-OH is 1. The van der Waals surface area contributed by atoms with Gasteiger partial charge in [-0.15, -0.1) is 0 Å². The first-order chi connectivity index (χ1) is 6.91. The van der Waals surface area contributed by atoms with Crippen molar-refractivity contribution in [2.45, 2.75) is 25.7 Å². The van der Waals surface area contributed by atoms with Gasteiger partial charge in [0, 0.05) is 7.11 Å². The van der Waals surface area contributed by atoms with Crippen LogP contribution in [0.2, 0.25) is 0 Å². The Balaban J connectivity index is 0. The molecule has 0 saturated carbocycles. The van der Waals surface area contributed by atoms with Crippen LogP contribution < -0.4 is 0 Å². The van der Waals surface area contributed by atoms with E-state index in [9.17, 15) is 9.59 Å². The Morgan fingerprint density at radius 3 is 1.50 bits per heavy atom. The smallest absolute Gasteiger partial charge is 0.234 e. The third-order valence-electron chi connectivity index (χ3n) is 1.42. The number of aliphatic imine (C=N–C) groups is 2. The second-order valence-corrected chi connectivity index (χ2v) is 2.36. The molecule has 0 aromatic heterocycles. The maximum absolute atomic E-state index is 9.63. The van der Waals surface area contributed by atoms with Gasteiger partial charge in [0.25, 0.3) is 0 Å². The Kier molecular flexibility index (Phi) is 19.2. The molecule has 0 aliphatic rings. The summed E-state index contributed by atoms with van der Waals surface area (Å²) in [6.45, 7) is 1.11. The Bertz CT molecular complexity index is 172. The lowest BCUT2D eigenvalue weighted by atomic mass is 10.2. The molecule has 1 N–H and O–H groups in total. The van der Waals surface area contributed by atoms with E-state index in [2.05, 4.69) is 9.98 Å². The summed E-state index contributed by atoms with van der Waals surface area (Å²) in [6.07, 6.45) is 6.80. The number of aliphatic hydroxyl groups is 1. The molecule has 0 spiro atoms. The Labute approximate surface area is 83.6 Å². The second kappa shape index (κ2) is 17.7. The van der Waals surface area contributed by atoms with Crippen molar-refractivity contribution in [3.8, 4) is 0 Å². The quantitative estimate of drug-likeness (QED) is 0.375. The molecule has 0 fully saturated rings. The van der Waals surface area contributed by atoms with Crippen LogP contribution in [0.3, 0.4) is 0 Å². The monoisotopic (exact) mass is 200 g/mol. The number of hydrogen-bond acceptors (Lipinski definition) is 5. The van der Waals surface area contributed by atoms with E-state index in [4.69, 9.17) is 5.11 Å². The summed E-state index contributed by atoms with van der Waals surface area (Å²) >= 11 is 0. The maximum atomic E-state index is 9.63. The van der Waals surface area contributed by atoms with Gasteiger partial charge in [-0.3, -0.25) is 0 Å².